The standard InChI is InChI=1S/C11H14N2O4S/c1-11(5-6-18(16,17)7-11)13-10(15)8-3-2-4-9(14)12-8/h2-4H,5-7H2,1H3,(H,12,14)(H,13,15). The highest BCUT2D eigenvalue weighted by Crippen LogP contribution is 2.22. The van der Waals surface area contributed by atoms with Crippen LogP contribution in [0, 0.1) is 0 Å². The molecule has 0 spiro atoms. The zero-order valence-corrected chi connectivity index (χ0v) is 10.7. The second kappa shape index (κ2) is 4.24. The van der Waals surface area contributed by atoms with Crippen LogP contribution in [0.4, 0.5) is 0 Å². The van der Waals surface area contributed by atoms with E-state index in [1.807, 2.05) is 0 Å². The first kappa shape index (κ1) is 12.8. The second-order valence-corrected chi connectivity index (χ2v) is 6.97. The third kappa shape index (κ3) is 2.79. The van der Waals surface area contributed by atoms with Gasteiger partial charge in [-0.3, -0.25) is 9.59 Å². The molecule has 1 unspecified atom stereocenters. The molecular formula is C11H14N2O4S. The number of rotatable bonds is 2. The lowest BCUT2D eigenvalue weighted by Gasteiger charge is -2.23. The molecule has 0 aliphatic carbocycles. The Morgan fingerprint density at radius 1 is 1.44 bits per heavy atom. The lowest BCUT2D eigenvalue weighted by atomic mass is 10.0. The first-order valence-electron chi connectivity index (χ1n) is 5.52. The second-order valence-electron chi connectivity index (χ2n) is 4.79. The highest BCUT2D eigenvalue weighted by atomic mass is 32.2. The van der Waals surface area contributed by atoms with Crippen molar-refractivity contribution in [1.29, 1.82) is 0 Å². The molecule has 1 amide bonds. The molecule has 1 atom stereocenters. The third-order valence-corrected chi connectivity index (χ3v) is 4.83. The van der Waals surface area contributed by atoms with Crippen molar-refractivity contribution < 1.29 is 13.2 Å². The average Bonchev–Trinajstić information content (AvgIpc) is 2.52. The summed E-state index contributed by atoms with van der Waals surface area (Å²) in [7, 11) is -3.08. The molecule has 0 saturated carbocycles. The Hall–Kier alpha value is -1.63. The van der Waals surface area contributed by atoms with Crippen LogP contribution in [0.3, 0.4) is 0 Å². The predicted molar refractivity (Wildman–Crippen MR) is 66.2 cm³/mol. The fourth-order valence-electron chi connectivity index (χ4n) is 2.03. The minimum Gasteiger partial charge on any atom is -0.345 e. The lowest BCUT2D eigenvalue weighted by Crippen LogP contribution is -2.47. The van der Waals surface area contributed by atoms with E-state index in [4.69, 9.17) is 0 Å². The van der Waals surface area contributed by atoms with E-state index in [1.165, 1.54) is 18.2 Å². The van der Waals surface area contributed by atoms with Gasteiger partial charge >= 0.3 is 0 Å². The summed E-state index contributed by atoms with van der Waals surface area (Å²) in [6.07, 6.45) is 0.387. The molecule has 0 bridgehead atoms. The molecule has 2 N–H and O–H groups in total. The van der Waals surface area contributed by atoms with E-state index < -0.39 is 21.3 Å². The highest BCUT2D eigenvalue weighted by molar-refractivity contribution is 7.91. The van der Waals surface area contributed by atoms with Crippen molar-refractivity contribution in [3.63, 3.8) is 0 Å². The number of amides is 1. The van der Waals surface area contributed by atoms with Gasteiger partial charge in [-0.15, -0.1) is 0 Å². The fourth-order valence-corrected chi connectivity index (χ4v) is 4.12. The van der Waals surface area contributed by atoms with Crippen LogP contribution in [-0.2, 0) is 9.84 Å². The largest absolute Gasteiger partial charge is 0.345 e. The molecule has 2 heterocycles. The van der Waals surface area contributed by atoms with Crippen LogP contribution in [0.2, 0.25) is 0 Å². The summed E-state index contributed by atoms with van der Waals surface area (Å²) in [6.45, 7) is 1.69. The maximum absolute atomic E-state index is 11.9. The number of nitrogens with one attached hydrogen (secondary N) is 2. The quantitative estimate of drug-likeness (QED) is 0.770. The first-order valence-corrected chi connectivity index (χ1v) is 7.34. The molecule has 2 rings (SSSR count). The zero-order chi connectivity index (χ0) is 13.4. The molecule has 1 fully saturated rings. The Balaban J connectivity index is 2.16. The van der Waals surface area contributed by atoms with E-state index in [0.717, 1.165) is 0 Å². The van der Waals surface area contributed by atoms with E-state index in [9.17, 15) is 18.0 Å². The number of carbonyl (C=O) groups excluding carboxylic acids is 1. The molecule has 6 nitrogen and oxygen atoms in total. The number of carbonyl (C=O) groups is 1. The van der Waals surface area contributed by atoms with Gasteiger partial charge in [-0.25, -0.2) is 8.42 Å². The minimum absolute atomic E-state index is 0.0667. The Labute approximate surface area is 104 Å². The number of H-pyrrole nitrogens is 1. The lowest BCUT2D eigenvalue weighted by molar-refractivity contribution is 0.0910. The van der Waals surface area contributed by atoms with Crippen LogP contribution in [0.15, 0.2) is 23.0 Å². The van der Waals surface area contributed by atoms with Crippen molar-refractivity contribution in [1.82, 2.24) is 10.3 Å². The predicted octanol–water partition coefficient (Wildman–Crippen LogP) is -0.318. The molecule has 98 valence electrons. The Kier molecular flexibility index (Phi) is 3.02. The Morgan fingerprint density at radius 2 is 2.17 bits per heavy atom. The molecule has 0 aromatic carbocycles. The van der Waals surface area contributed by atoms with Crippen LogP contribution in [0.1, 0.15) is 23.8 Å². The van der Waals surface area contributed by atoms with Gasteiger partial charge in [0, 0.05) is 6.07 Å². The third-order valence-electron chi connectivity index (χ3n) is 2.93. The van der Waals surface area contributed by atoms with Gasteiger partial charge in [0.15, 0.2) is 9.84 Å². The number of hydrogen-bond donors (Lipinski definition) is 2. The SMILES string of the molecule is CC1(NC(=O)c2cccc(=O)[nH]2)CCS(=O)(=O)C1. The Morgan fingerprint density at radius 3 is 2.72 bits per heavy atom. The van der Waals surface area contributed by atoms with E-state index in [1.54, 1.807) is 6.92 Å². The number of aromatic nitrogens is 1. The summed E-state index contributed by atoms with van der Waals surface area (Å²) in [5.41, 5.74) is -0.997. The maximum Gasteiger partial charge on any atom is 0.268 e. The van der Waals surface area contributed by atoms with Crippen molar-refractivity contribution >= 4 is 15.7 Å². The summed E-state index contributed by atoms with van der Waals surface area (Å²) in [5.74, 6) is -0.454. The van der Waals surface area contributed by atoms with Gasteiger partial charge in [-0.2, -0.15) is 0 Å². The molecule has 18 heavy (non-hydrogen) atoms. The summed E-state index contributed by atoms with van der Waals surface area (Å²) >= 11 is 0. The van der Waals surface area contributed by atoms with E-state index >= 15 is 0 Å². The fraction of sp³-hybridized carbons (Fsp3) is 0.455. The van der Waals surface area contributed by atoms with Gasteiger partial charge in [0.05, 0.1) is 17.0 Å². The van der Waals surface area contributed by atoms with Gasteiger partial charge in [0.25, 0.3) is 5.91 Å². The number of hydrogen-bond acceptors (Lipinski definition) is 4. The van der Waals surface area contributed by atoms with Crippen molar-refractivity contribution in [3.8, 4) is 0 Å². The molecule has 1 saturated heterocycles. The van der Waals surface area contributed by atoms with Gasteiger partial charge < -0.3 is 10.3 Å². The van der Waals surface area contributed by atoms with Crippen LogP contribution < -0.4 is 10.9 Å². The molecule has 1 aromatic rings. The van der Waals surface area contributed by atoms with Crippen molar-refractivity contribution in [2.75, 3.05) is 11.5 Å². The summed E-state index contributed by atoms with van der Waals surface area (Å²) in [5, 5.41) is 2.67. The van der Waals surface area contributed by atoms with Crippen LogP contribution in [-0.4, -0.2) is 36.4 Å². The highest BCUT2D eigenvalue weighted by Gasteiger charge is 2.39. The number of sulfone groups is 1. The average molecular weight is 270 g/mol. The maximum atomic E-state index is 11.9. The van der Waals surface area contributed by atoms with Crippen molar-refractivity contribution in [2.45, 2.75) is 18.9 Å². The van der Waals surface area contributed by atoms with Crippen LogP contribution >= 0.6 is 0 Å². The molecule has 7 heteroatoms. The zero-order valence-electron chi connectivity index (χ0n) is 9.89. The summed E-state index contributed by atoms with van der Waals surface area (Å²) < 4.78 is 22.8. The van der Waals surface area contributed by atoms with Gasteiger partial charge in [-0.05, 0) is 19.4 Å². The number of aromatic amines is 1. The Bertz CT molecular complexity index is 634. The van der Waals surface area contributed by atoms with Crippen LogP contribution in [0.25, 0.3) is 0 Å². The number of pyridine rings is 1. The monoisotopic (exact) mass is 270 g/mol. The summed E-state index contributed by atoms with van der Waals surface area (Å²) in [6, 6.07) is 4.25. The molecule has 1 aromatic heterocycles. The van der Waals surface area contributed by atoms with Gasteiger partial charge in [0.2, 0.25) is 5.56 Å². The van der Waals surface area contributed by atoms with Gasteiger partial charge in [-0.1, -0.05) is 6.07 Å². The van der Waals surface area contributed by atoms with Crippen molar-refractivity contribution in [2.24, 2.45) is 0 Å². The van der Waals surface area contributed by atoms with E-state index in [0.29, 0.717) is 6.42 Å². The van der Waals surface area contributed by atoms with Gasteiger partial charge in [0.1, 0.15) is 5.69 Å². The minimum atomic E-state index is -3.08. The normalized spacial score (nSPS) is 25.8. The molecule has 1 aliphatic rings. The smallest absolute Gasteiger partial charge is 0.268 e. The molecular weight excluding hydrogens is 256 g/mol. The van der Waals surface area contributed by atoms with Crippen molar-refractivity contribution in [3.05, 3.63) is 34.2 Å². The van der Waals surface area contributed by atoms with E-state index in [-0.39, 0.29) is 22.8 Å². The van der Waals surface area contributed by atoms with Crippen LogP contribution in [0.5, 0.6) is 0 Å². The molecule has 1 aliphatic heterocycles. The topological polar surface area (TPSA) is 96.1 Å². The summed E-state index contributed by atoms with van der Waals surface area (Å²) in [4.78, 5) is 25.4. The first-order chi connectivity index (χ1) is 8.30. The molecule has 0 radical (unpaired) electrons. The van der Waals surface area contributed by atoms with E-state index in [2.05, 4.69) is 10.3 Å².